The predicted octanol–water partition coefficient (Wildman–Crippen LogP) is 5.95. The number of halogens is 1. The van der Waals surface area contributed by atoms with E-state index >= 15 is 0 Å². The van der Waals surface area contributed by atoms with Gasteiger partial charge in [-0.2, -0.15) is 4.68 Å². The number of nitrogens with zero attached hydrogens (tertiary/aromatic N) is 4. The standard InChI is InChI=1S/C27H33BrN6O3/c1-6-8-9-13-37-25-20(28)14-19(15-22(25)36-7-2)24-23(18(5)29-27-31-32-33-34(24)27)26(35)30-21-12-10-11-16(3)17(21)4/h10-12,14-15,24H,6-9,13H2,1-5H3,(H,30,35)(H,29,31,33). The molecular formula is C27H33BrN6O3. The van der Waals surface area contributed by atoms with Crippen molar-refractivity contribution in [3.8, 4) is 11.5 Å². The molecule has 1 aliphatic rings. The summed E-state index contributed by atoms with van der Waals surface area (Å²) in [5.41, 5.74) is 4.85. The Bertz CT molecular complexity index is 1320. The Morgan fingerprint density at radius 2 is 1.97 bits per heavy atom. The number of carbonyl (C=O) groups excluding carboxylic acids is 1. The molecule has 2 aromatic carbocycles. The molecule has 0 saturated heterocycles. The van der Waals surface area contributed by atoms with Gasteiger partial charge in [0.25, 0.3) is 5.91 Å². The van der Waals surface area contributed by atoms with E-state index in [2.05, 4.69) is 49.0 Å². The highest BCUT2D eigenvalue weighted by Gasteiger charge is 2.35. The summed E-state index contributed by atoms with van der Waals surface area (Å²) in [5.74, 6) is 1.47. The molecule has 0 radical (unpaired) electrons. The van der Waals surface area contributed by atoms with Crippen LogP contribution in [0.25, 0.3) is 0 Å². The molecular weight excluding hydrogens is 536 g/mol. The van der Waals surface area contributed by atoms with Gasteiger partial charge in [0.1, 0.15) is 6.04 Å². The number of tetrazole rings is 1. The molecule has 2 heterocycles. The van der Waals surface area contributed by atoms with Crippen LogP contribution in [0.1, 0.15) is 62.8 Å². The van der Waals surface area contributed by atoms with E-state index in [-0.39, 0.29) is 5.91 Å². The molecule has 1 amide bonds. The molecule has 1 aromatic heterocycles. The lowest BCUT2D eigenvalue weighted by atomic mass is 9.94. The lowest BCUT2D eigenvalue weighted by molar-refractivity contribution is -0.113. The van der Waals surface area contributed by atoms with Crippen LogP contribution in [0.2, 0.25) is 0 Å². The smallest absolute Gasteiger partial charge is 0.255 e. The van der Waals surface area contributed by atoms with Gasteiger partial charge in [-0.3, -0.25) is 4.79 Å². The summed E-state index contributed by atoms with van der Waals surface area (Å²) in [6.07, 6.45) is 3.17. The van der Waals surface area contributed by atoms with Crippen LogP contribution in [0.5, 0.6) is 11.5 Å². The lowest BCUT2D eigenvalue weighted by Gasteiger charge is -2.29. The molecule has 37 heavy (non-hydrogen) atoms. The summed E-state index contributed by atoms with van der Waals surface area (Å²) in [6.45, 7) is 11.0. The van der Waals surface area contributed by atoms with Crippen molar-refractivity contribution < 1.29 is 14.3 Å². The zero-order chi connectivity index (χ0) is 26.5. The summed E-state index contributed by atoms with van der Waals surface area (Å²) in [7, 11) is 0. The fourth-order valence-corrected chi connectivity index (χ4v) is 4.94. The van der Waals surface area contributed by atoms with E-state index in [4.69, 9.17) is 9.47 Å². The van der Waals surface area contributed by atoms with Crippen molar-refractivity contribution in [3.63, 3.8) is 0 Å². The molecule has 1 unspecified atom stereocenters. The number of amides is 1. The second-order valence-corrected chi connectivity index (χ2v) is 9.89. The Labute approximate surface area is 225 Å². The first-order valence-electron chi connectivity index (χ1n) is 12.6. The number of benzene rings is 2. The summed E-state index contributed by atoms with van der Waals surface area (Å²) < 4.78 is 14.4. The molecule has 0 fully saturated rings. The first-order chi connectivity index (χ1) is 17.8. The number of aryl methyl sites for hydroxylation is 1. The number of rotatable bonds is 10. The van der Waals surface area contributed by atoms with Crippen LogP contribution >= 0.6 is 15.9 Å². The first kappa shape index (κ1) is 26.7. The van der Waals surface area contributed by atoms with Gasteiger partial charge >= 0.3 is 0 Å². The van der Waals surface area contributed by atoms with Crippen LogP contribution in [0.4, 0.5) is 11.6 Å². The maximum absolute atomic E-state index is 13.8. The van der Waals surface area contributed by atoms with Crippen molar-refractivity contribution in [3.05, 3.63) is 62.8 Å². The zero-order valence-corrected chi connectivity index (χ0v) is 23.5. The van der Waals surface area contributed by atoms with Gasteiger partial charge in [-0.15, -0.1) is 0 Å². The molecule has 196 valence electrons. The normalized spacial score (nSPS) is 14.7. The van der Waals surface area contributed by atoms with Crippen LogP contribution in [0.15, 0.2) is 46.1 Å². The van der Waals surface area contributed by atoms with E-state index in [9.17, 15) is 4.79 Å². The fourth-order valence-electron chi connectivity index (χ4n) is 4.37. The summed E-state index contributed by atoms with van der Waals surface area (Å²) in [5, 5.41) is 18.4. The second kappa shape index (κ2) is 11.8. The minimum absolute atomic E-state index is 0.237. The number of anilines is 2. The molecule has 10 heteroatoms. The summed E-state index contributed by atoms with van der Waals surface area (Å²) in [4.78, 5) is 13.8. The van der Waals surface area contributed by atoms with Crippen LogP contribution < -0.4 is 20.1 Å². The third-order valence-corrected chi connectivity index (χ3v) is 7.04. The highest BCUT2D eigenvalue weighted by Crippen LogP contribution is 2.43. The average Bonchev–Trinajstić information content (AvgIpc) is 3.33. The molecule has 1 aliphatic heterocycles. The van der Waals surface area contributed by atoms with Crippen molar-refractivity contribution in [1.29, 1.82) is 0 Å². The van der Waals surface area contributed by atoms with Gasteiger partial charge in [-0.1, -0.05) is 37.0 Å². The highest BCUT2D eigenvalue weighted by atomic mass is 79.9. The molecule has 0 bridgehead atoms. The number of allylic oxidation sites excluding steroid dienone is 1. The van der Waals surface area contributed by atoms with Crippen molar-refractivity contribution in [1.82, 2.24) is 20.2 Å². The number of hydrogen-bond donors (Lipinski definition) is 2. The van der Waals surface area contributed by atoms with Crippen LogP contribution in [-0.2, 0) is 4.79 Å². The molecule has 9 nitrogen and oxygen atoms in total. The Hall–Kier alpha value is -3.40. The van der Waals surface area contributed by atoms with E-state index in [0.717, 1.165) is 46.1 Å². The topological polar surface area (TPSA) is 103 Å². The largest absolute Gasteiger partial charge is 0.490 e. The van der Waals surface area contributed by atoms with E-state index in [1.165, 1.54) is 0 Å². The fraction of sp³-hybridized carbons (Fsp3) is 0.407. The number of unbranched alkanes of at least 4 members (excludes halogenated alkanes) is 2. The Balaban J connectivity index is 1.75. The molecule has 4 rings (SSSR count). The van der Waals surface area contributed by atoms with Crippen molar-refractivity contribution in [2.45, 2.75) is 59.9 Å². The van der Waals surface area contributed by atoms with Crippen molar-refractivity contribution in [2.24, 2.45) is 0 Å². The Morgan fingerprint density at radius 1 is 1.16 bits per heavy atom. The number of fused-ring (bicyclic) bond motifs is 1. The van der Waals surface area contributed by atoms with Gasteiger partial charge in [-0.25, -0.2) is 0 Å². The number of ether oxygens (including phenoxy) is 2. The third kappa shape index (κ3) is 5.64. The number of carbonyl (C=O) groups is 1. The van der Waals surface area contributed by atoms with Crippen LogP contribution in [-0.4, -0.2) is 39.3 Å². The Morgan fingerprint density at radius 3 is 2.73 bits per heavy atom. The maximum Gasteiger partial charge on any atom is 0.255 e. The van der Waals surface area contributed by atoms with Gasteiger partial charge in [0.2, 0.25) is 5.95 Å². The molecule has 3 aromatic rings. The number of hydrogen-bond acceptors (Lipinski definition) is 7. The monoisotopic (exact) mass is 568 g/mol. The van der Waals surface area contributed by atoms with E-state index < -0.39 is 6.04 Å². The van der Waals surface area contributed by atoms with Crippen LogP contribution in [0.3, 0.4) is 0 Å². The van der Waals surface area contributed by atoms with Gasteiger partial charge in [0.15, 0.2) is 11.5 Å². The summed E-state index contributed by atoms with van der Waals surface area (Å²) >= 11 is 3.68. The van der Waals surface area contributed by atoms with E-state index in [1.54, 1.807) is 4.68 Å². The number of aromatic nitrogens is 4. The molecule has 0 saturated carbocycles. The Kier molecular flexibility index (Phi) is 8.48. The minimum atomic E-state index is -0.582. The van der Waals surface area contributed by atoms with Gasteiger partial charge in [0.05, 0.1) is 23.3 Å². The third-order valence-electron chi connectivity index (χ3n) is 6.45. The zero-order valence-electron chi connectivity index (χ0n) is 21.9. The summed E-state index contributed by atoms with van der Waals surface area (Å²) in [6, 6.07) is 9.12. The van der Waals surface area contributed by atoms with E-state index in [1.807, 2.05) is 58.0 Å². The molecule has 1 atom stereocenters. The number of nitrogens with one attached hydrogen (secondary N) is 2. The SMILES string of the molecule is CCCCCOc1c(Br)cc(C2C(C(=O)Nc3cccc(C)c3C)=C(C)Nc3nnnn32)cc1OCC. The van der Waals surface area contributed by atoms with Gasteiger partial charge in [-0.05, 0) is 95.4 Å². The quantitative estimate of drug-likeness (QED) is 0.291. The predicted molar refractivity (Wildman–Crippen MR) is 147 cm³/mol. The highest BCUT2D eigenvalue weighted by molar-refractivity contribution is 9.10. The maximum atomic E-state index is 13.8. The van der Waals surface area contributed by atoms with Gasteiger partial charge in [0, 0.05) is 11.4 Å². The second-order valence-electron chi connectivity index (χ2n) is 9.03. The van der Waals surface area contributed by atoms with Crippen molar-refractivity contribution >= 4 is 33.5 Å². The lowest BCUT2D eigenvalue weighted by Crippen LogP contribution is -2.31. The minimum Gasteiger partial charge on any atom is -0.490 e. The molecule has 0 aliphatic carbocycles. The molecule has 0 spiro atoms. The average molecular weight is 570 g/mol. The molecule has 2 N–H and O–H groups in total. The van der Waals surface area contributed by atoms with Crippen molar-refractivity contribution in [2.75, 3.05) is 23.8 Å². The first-order valence-corrected chi connectivity index (χ1v) is 13.4. The van der Waals surface area contributed by atoms with E-state index in [0.29, 0.717) is 41.9 Å². The van der Waals surface area contributed by atoms with Gasteiger partial charge < -0.3 is 20.1 Å². The van der Waals surface area contributed by atoms with Crippen LogP contribution in [0, 0.1) is 13.8 Å².